The van der Waals surface area contributed by atoms with Crippen molar-refractivity contribution in [2.24, 2.45) is 0 Å². The number of nitrogens with one attached hydrogen (secondary N) is 1. The molecule has 0 unspecified atom stereocenters. The molecule has 1 amide bonds. The zero-order valence-corrected chi connectivity index (χ0v) is 16.2. The van der Waals surface area contributed by atoms with Crippen molar-refractivity contribution in [3.05, 3.63) is 71.4 Å². The summed E-state index contributed by atoms with van der Waals surface area (Å²) in [5.74, 6) is -0.435. The molecule has 27 heavy (non-hydrogen) atoms. The third kappa shape index (κ3) is 4.81. The summed E-state index contributed by atoms with van der Waals surface area (Å²) < 4.78 is 36.6. The van der Waals surface area contributed by atoms with Crippen molar-refractivity contribution < 1.29 is 17.6 Å². The summed E-state index contributed by atoms with van der Waals surface area (Å²) in [7, 11) is -3.24. The van der Waals surface area contributed by atoms with Gasteiger partial charge >= 0.3 is 0 Å². The van der Waals surface area contributed by atoms with Gasteiger partial charge in [0.05, 0.1) is 22.1 Å². The maximum absolute atomic E-state index is 13.0. The average Bonchev–Trinajstić information content (AvgIpc) is 3.11. The van der Waals surface area contributed by atoms with Crippen molar-refractivity contribution in [2.45, 2.75) is 18.2 Å². The maximum atomic E-state index is 13.0. The first kappa shape index (κ1) is 19.3. The molecule has 2 aromatic carbocycles. The van der Waals surface area contributed by atoms with E-state index in [1.54, 1.807) is 31.2 Å². The Labute approximate surface area is 161 Å². The van der Waals surface area contributed by atoms with Gasteiger partial charge in [0.1, 0.15) is 5.82 Å². The molecule has 0 saturated heterocycles. The van der Waals surface area contributed by atoms with E-state index in [0.717, 1.165) is 16.7 Å². The third-order valence-electron chi connectivity index (χ3n) is 4.07. The third-order valence-corrected chi connectivity index (χ3v) is 6.66. The van der Waals surface area contributed by atoms with Crippen LogP contribution in [0.2, 0.25) is 0 Å². The van der Waals surface area contributed by atoms with E-state index in [-0.39, 0.29) is 28.8 Å². The summed E-state index contributed by atoms with van der Waals surface area (Å²) in [5.41, 5.74) is 2.52. The van der Waals surface area contributed by atoms with Crippen molar-refractivity contribution >= 4 is 32.1 Å². The van der Waals surface area contributed by atoms with Crippen LogP contribution in [0.15, 0.2) is 64.9 Å². The Morgan fingerprint density at radius 3 is 2.33 bits per heavy atom. The largest absolute Gasteiger partial charge is 0.317 e. The number of thiophene rings is 1. The standard InChI is InChI=1S/C20H18FNO3S2/c1-2-27(24,25)18-9-3-14(4-10-18)11-19(23)22-20-12-16(13-26-20)15-5-7-17(21)8-6-15/h3-10,12-13H,2,11H2,1H3,(H,22,23). The summed E-state index contributed by atoms with van der Waals surface area (Å²) in [6, 6.07) is 14.4. The van der Waals surface area contributed by atoms with E-state index in [9.17, 15) is 17.6 Å². The van der Waals surface area contributed by atoms with E-state index >= 15 is 0 Å². The first-order valence-electron chi connectivity index (χ1n) is 8.33. The number of sulfone groups is 1. The van der Waals surface area contributed by atoms with E-state index < -0.39 is 9.84 Å². The van der Waals surface area contributed by atoms with Crippen molar-refractivity contribution in [1.29, 1.82) is 0 Å². The molecule has 0 saturated carbocycles. The number of amides is 1. The summed E-state index contributed by atoms with van der Waals surface area (Å²) in [4.78, 5) is 12.5. The van der Waals surface area contributed by atoms with Crippen LogP contribution in [0.3, 0.4) is 0 Å². The van der Waals surface area contributed by atoms with Crippen LogP contribution < -0.4 is 5.32 Å². The van der Waals surface area contributed by atoms with Gasteiger partial charge < -0.3 is 5.32 Å². The zero-order chi connectivity index (χ0) is 19.4. The van der Waals surface area contributed by atoms with Crippen LogP contribution in [0.5, 0.6) is 0 Å². The minimum Gasteiger partial charge on any atom is -0.317 e. The molecule has 1 aromatic heterocycles. The summed E-state index contributed by atoms with van der Waals surface area (Å²) in [5, 5.41) is 5.43. The summed E-state index contributed by atoms with van der Waals surface area (Å²) >= 11 is 1.39. The normalized spacial score (nSPS) is 11.3. The average molecular weight is 404 g/mol. The van der Waals surface area contributed by atoms with Crippen molar-refractivity contribution in [3.63, 3.8) is 0 Å². The monoisotopic (exact) mass is 403 g/mol. The molecule has 0 spiro atoms. The second-order valence-electron chi connectivity index (χ2n) is 5.98. The Morgan fingerprint density at radius 1 is 1.04 bits per heavy atom. The molecule has 0 fully saturated rings. The Morgan fingerprint density at radius 2 is 1.70 bits per heavy atom. The van der Waals surface area contributed by atoms with Gasteiger partial charge in [-0.05, 0) is 47.0 Å². The highest BCUT2D eigenvalue weighted by Crippen LogP contribution is 2.29. The van der Waals surface area contributed by atoms with Gasteiger partial charge in [-0.15, -0.1) is 11.3 Å². The quantitative estimate of drug-likeness (QED) is 0.658. The van der Waals surface area contributed by atoms with Crippen molar-refractivity contribution in [1.82, 2.24) is 0 Å². The van der Waals surface area contributed by atoms with Gasteiger partial charge in [-0.2, -0.15) is 0 Å². The molecule has 7 heteroatoms. The van der Waals surface area contributed by atoms with Gasteiger partial charge in [0, 0.05) is 5.38 Å². The molecule has 0 atom stereocenters. The van der Waals surface area contributed by atoms with Gasteiger partial charge in [-0.25, -0.2) is 12.8 Å². The molecule has 140 valence electrons. The lowest BCUT2D eigenvalue weighted by Crippen LogP contribution is -2.13. The van der Waals surface area contributed by atoms with E-state index in [1.807, 2.05) is 11.4 Å². The number of anilines is 1. The predicted octanol–water partition coefficient (Wildman–Crippen LogP) is 4.53. The van der Waals surface area contributed by atoms with Crippen LogP contribution in [-0.2, 0) is 21.1 Å². The van der Waals surface area contributed by atoms with Crippen molar-refractivity contribution in [2.75, 3.05) is 11.1 Å². The second kappa shape index (κ2) is 8.02. The van der Waals surface area contributed by atoms with Crippen LogP contribution in [0.25, 0.3) is 11.1 Å². The van der Waals surface area contributed by atoms with E-state index in [0.29, 0.717) is 5.00 Å². The van der Waals surface area contributed by atoms with Gasteiger partial charge in [-0.3, -0.25) is 4.79 Å². The zero-order valence-electron chi connectivity index (χ0n) is 14.6. The lowest BCUT2D eigenvalue weighted by atomic mass is 10.1. The molecule has 0 radical (unpaired) electrons. The van der Waals surface area contributed by atoms with Crippen LogP contribution in [0.1, 0.15) is 12.5 Å². The molecule has 0 aliphatic rings. The summed E-state index contributed by atoms with van der Waals surface area (Å²) in [6.07, 6.45) is 0.149. The van der Waals surface area contributed by atoms with Gasteiger partial charge in [0.25, 0.3) is 0 Å². The number of carbonyl (C=O) groups is 1. The van der Waals surface area contributed by atoms with E-state index in [4.69, 9.17) is 0 Å². The minimum absolute atomic E-state index is 0.0433. The van der Waals surface area contributed by atoms with Crippen LogP contribution in [0.4, 0.5) is 9.39 Å². The molecule has 4 nitrogen and oxygen atoms in total. The molecule has 0 bridgehead atoms. The number of hydrogen-bond donors (Lipinski definition) is 1. The van der Waals surface area contributed by atoms with E-state index in [2.05, 4.69) is 5.32 Å². The highest BCUT2D eigenvalue weighted by Gasteiger charge is 2.12. The molecular formula is C20H18FNO3S2. The van der Waals surface area contributed by atoms with Crippen molar-refractivity contribution in [3.8, 4) is 11.1 Å². The van der Waals surface area contributed by atoms with Crippen LogP contribution >= 0.6 is 11.3 Å². The van der Waals surface area contributed by atoms with Gasteiger partial charge in [-0.1, -0.05) is 31.2 Å². The first-order valence-corrected chi connectivity index (χ1v) is 10.9. The highest BCUT2D eigenvalue weighted by atomic mass is 32.2. The van der Waals surface area contributed by atoms with Gasteiger partial charge in [0.2, 0.25) is 5.91 Å². The number of rotatable bonds is 6. The predicted molar refractivity (Wildman–Crippen MR) is 106 cm³/mol. The molecule has 1 N–H and O–H groups in total. The SMILES string of the molecule is CCS(=O)(=O)c1ccc(CC(=O)Nc2cc(-c3ccc(F)cc3)cs2)cc1. The topological polar surface area (TPSA) is 63.2 Å². The molecule has 3 aromatic rings. The minimum atomic E-state index is -3.24. The molecular weight excluding hydrogens is 385 g/mol. The molecule has 0 aliphatic heterocycles. The number of hydrogen-bond acceptors (Lipinski definition) is 4. The fraction of sp³-hybridized carbons (Fsp3) is 0.150. The van der Waals surface area contributed by atoms with E-state index in [1.165, 1.54) is 35.6 Å². The Bertz CT molecular complexity index is 1040. The first-order chi connectivity index (χ1) is 12.9. The second-order valence-corrected chi connectivity index (χ2v) is 9.17. The molecule has 3 rings (SSSR count). The van der Waals surface area contributed by atoms with Gasteiger partial charge in [0.15, 0.2) is 9.84 Å². The number of carbonyl (C=O) groups excluding carboxylic acids is 1. The Kier molecular flexibility index (Phi) is 5.72. The highest BCUT2D eigenvalue weighted by molar-refractivity contribution is 7.91. The number of halogens is 1. The fourth-order valence-corrected chi connectivity index (χ4v) is 4.25. The molecule has 0 aliphatic carbocycles. The maximum Gasteiger partial charge on any atom is 0.229 e. The lowest BCUT2D eigenvalue weighted by molar-refractivity contribution is -0.115. The molecule has 1 heterocycles. The Hall–Kier alpha value is -2.51. The fourth-order valence-electron chi connectivity index (χ4n) is 2.54. The smallest absolute Gasteiger partial charge is 0.229 e. The van der Waals surface area contributed by atoms with Crippen LogP contribution in [0, 0.1) is 5.82 Å². The van der Waals surface area contributed by atoms with Crippen LogP contribution in [-0.4, -0.2) is 20.1 Å². The Balaban J connectivity index is 1.64. The number of benzene rings is 2. The summed E-state index contributed by atoms with van der Waals surface area (Å²) in [6.45, 7) is 1.60. The lowest BCUT2D eigenvalue weighted by Gasteiger charge is -2.05.